The topological polar surface area (TPSA) is 34.1 Å². The van der Waals surface area contributed by atoms with Crippen molar-refractivity contribution in [1.82, 2.24) is 0 Å². The largest absolute Gasteiger partial charge is 0.219 e. The van der Waals surface area contributed by atoms with Gasteiger partial charge in [-0.25, -0.2) is 8.42 Å². The maximum absolute atomic E-state index is 12.4. The molecule has 0 bridgehead atoms. The summed E-state index contributed by atoms with van der Waals surface area (Å²) in [6.45, 7) is 14.9. The van der Waals surface area contributed by atoms with Gasteiger partial charge in [-0.1, -0.05) is 111 Å². The lowest BCUT2D eigenvalue weighted by Gasteiger charge is -2.05. The van der Waals surface area contributed by atoms with Gasteiger partial charge < -0.3 is 0 Å². The van der Waals surface area contributed by atoms with Crippen LogP contribution in [-0.2, 0) is 9.84 Å². The van der Waals surface area contributed by atoms with Crippen LogP contribution in [0.3, 0.4) is 0 Å². The molecule has 164 valence electrons. The smallest absolute Gasteiger partial charge is 0.206 e. The van der Waals surface area contributed by atoms with Crippen LogP contribution in [0.15, 0.2) is 121 Å². The van der Waals surface area contributed by atoms with Crippen LogP contribution in [0.5, 0.6) is 0 Å². The molecule has 0 aliphatic rings. The van der Waals surface area contributed by atoms with Crippen LogP contribution in [-0.4, -0.2) is 8.42 Å². The average Bonchev–Trinajstić information content (AvgIpc) is 2.88. The molecule has 0 aliphatic carbocycles. The summed E-state index contributed by atoms with van der Waals surface area (Å²) in [4.78, 5) is 0.564. The van der Waals surface area contributed by atoms with Crippen molar-refractivity contribution in [3.05, 3.63) is 133 Å². The van der Waals surface area contributed by atoms with E-state index in [4.69, 9.17) is 0 Å². The van der Waals surface area contributed by atoms with Gasteiger partial charge in [-0.15, -0.1) is 0 Å². The van der Waals surface area contributed by atoms with Crippen LogP contribution in [0.1, 0.15) is 22.3 Å². The van der Waals surface area contributed by atoms with Crippen molar-refractivity contribution in [2.75, 3.05) is 0 Å². The Kier molecular flexibility index (Phi) is 7.60. The fourth-order valence-corrected chi connectivity index (χ4v) is 4.68. The Balaban J connectivity index is 0.000000194. The SMILES string of the molecule is C=Cc1ccc(S(=O)(=O)c2ccc(C=C)cc2)cc1.C=Cc1ccc2ccccc2c1C=C. The highest BCUT2D eigenvalue weighted by Gasteiger charge is 2.16. The fourth-order valence-electron chi connectivity index (χ4n) is 3.42. The molecule has 4 rings (SSSR count). The summed E-state index contributed by atoms with van der Waals surface area (Å²) in [5.41, 5.74) is 4.08. The van der Waals surface area contributed by atoms with Crippen molar-refractivity contribution in [3.8, 4) is 0 Å². The molecule has 0 radical (unpaired) electrons. The van der Waals surface area contributed by atoms with E-state index in [1.54, 1.807) is 60.7 Å². The van der Waals surface area contributed by atoms with Crippen LogP contribution >= 0.6 is 0 Å². The first kappa shape index (κ1) is 23.7. The molecule has 0 N–H and O–H groups in total. The molecule has 4 aromatic carbocycles. The molecular formula is C30H26O2S. The molecule has 0 unspecified atom stereocenters. The highest BCUT2D eigenvalue weighted by Crippen LogP contribution is 2.24. The molecule has 0 heterocycles. The third-order valence-electron chi connectivity index (χ3n) is 5.28. The molecule has 33 heavy (non-hydrogen) atoms. The van der Waals surface area contributed by atoms with E-state index in [1.165, 1.54) is 10.8 Å². The first-order chi connectivity index (χ1) is 15.9. The average molecular weight is 451 g/mol. The van der Waals surface area contributed by atoms with E-state index in [9.17, 15) is 8.42 Å². The van der Waals surface area contributed by atoms with Crippen molar-refractivity contribution in [2.24, 2.45) is 0 Å². The van der Waals surface area contributed by atoms with Gasteiger partial charge in [0, 0.05) is 0 Å². The van der Waals surface area contributed by atoms with E-state index in [0.29, 0.717) is 0 Å². The summed E-state index contributed by atoms with van der Waals surface area (Å²) in [5.74, 6) is 0. The maximum Gasteiger partial charge on any atom is 0.206 e. The lowest BCUT2D eigenvalue weighted by Crippen LogP contribution is -2.01. The standard InChI is InChI=1S/C16H14O2S.C14H12/c1-3-13-5-9-15(10-6-13)19(17,18)16-11-7-14(4-2)8-12-16;1-3-11-9-10-12-7-5-6-8-14(12)13(11)4-2/h3-12H,1-2H2;3-10H,1-2H2. The van der Waals surface area contributed by atoms with Crippen LogP contribution in [0.4, 0.5) is 0 Å². The Bertz CT molecular complexity index is 1350. The maximum atomic E-state index is 12.4. The Morgan fingerprint density at radius 3 is 1.52 bits per heavy atom. The van der Waals surface area contributed by atoms with Gasteiger partial charge in [0.1, 0.15) is 0 Å². The molecule has 0 saturated heterocycles. The van der Waals surface area contributed by atoms with E-state index < -0.39 is 9.84 Å². The van der Waals surface area contributed by atoms with Gasteiger partial charge in [-0.05, 0) is 57.3 Å². The van der Waals surface area contributed by atoms with Gasteiger partial charge >= 0.3 is 0 Å². The summed E-state index contributed by atoms with van der Waals surface area (Å²) in [7, 11) is -3.46. The molecular weight excluding hydrogens is 424 g/mol. The Hall–Kier alpha value is -3.95. The lowest BCUT2D eigenvalue weighted by molar-refractivity contribution is 0.596. The van der Waals surface area contributed by atoms with Crippen molar-refractivity contribution < 1.29 is 8.42 Å². The van der Waals surface area contributed by atoms with Gasteiger partial charge in [-0.3, -0.25) is 0 Å². The van der Waals surface area contributed by atoms with Crippen LogP contribution in [0.2, 0.25) is 0 Å². The molecule has 0 aliphatic heterocycles. The number of fused-ring (bicyclic) bond motifs is 1. The number of sulfone groups is 1. The zero-order chi connectivity index (χ0) is 23.8. The molecule has 4 aromatic rings. The minimum Gasteiger partial charge on any atom is -0.219 e. The van der Waals surface area contributed by atoms with Gasteiger partial charge in [0.15, 0.2) is 0 Å². The first-order valence-corrected chi connectivity index (χ1v) is 11.9. The minimum absolute atomic E-state index is 0.282. The second-order valence-electron chi connectivity index (χ2n) is 7.25. The van der Waals surface area contributed by atoms with Gasteiger partial charge in [0.2, 0.25) is 9.84 Å². The summed E-state index contributed by atoms with van der Waals surface area (Å²) in [5, 5.41) is 2.48. The minimum atomic E-state index is -3.46. The summed E-state index contributed by atoms with van der Waals surface area (Å²) in [6.07, 6.45) is 7.10. The molecule has 0 saturated carbocycles. The molecule has 0 spiro atoms. The van der Waals surface area contributed by atoms with Crippen LogP contribution in [0.25, 0.3) is 35.1 Å². The second kappa shape index (κ2) is 10.6. The summed E-state index contributed by atoms with van der Waals surface area (Å²) < 4.78 is 24.8. The normalized spacial score (nSPS) is 10.5. The number of benzene rings is 4. The van der Waals surface area contributed by atoms with Crippen molar-refractivity contribution in [1.29, 1.82) is 0 Å². The molecule has 0 amide bonds. The fraction of sp³-hybridized carbons (Fsp3) is 0. The van der Waals surface area contributed by atoms with Crippen LogP contribution < -0.4 is 0 Å². The summed E-state index contributed by atoms with van der Waals surface area (Å²) >= 11 is 0. The zero-order valence-electron chi connectivity index (χ0n) is 18.4. The molecule has 0 aromatic heterocycles. The second-order valence-corrected chi connectivity index (χ2v) is 9.20. The molecule has 3 heteroatoms. The molecule has 2 nitrogen and oxygen atoms in total. The van der Waals surface area contributed by atoms with Crippen LogP contribution in [0, 0.1) is 0 Å². The van der Waals surface area contributed by atoms with Crippen molar-refractivity contribution in [2.45, 2.75) is 9.79 Å². The summed E-state index contributed by atoms with van der Waals surface area (Å²) in [6, 6.07) is 25.8. The Morgan fingerprint density at radius 1 is 0.545 bits per heavy atom. The third kappa shape index (κ3) is 5.28. The number of hydrogen-bond donors (Lipinski definition) is 0. The molecule has 0 fully saturated rings. The van der Waals surface area contributed by atoms with Crippen molar-refractivity contribution >= 4 is 44.9 Å². The number of rotatable bonds is 6. The Labute approximate surface area is 196 Å². The third-order valence-corrected chi connectivity index (χ3v) is 7.07. The quantitative estimate of drug-likeness (QED) is 0.299. The predicted molar refractivity (Wildman–Crippen MR) is 143 cm³/mol. The van der Waals surface area contributed by atoms with Crippen molar-refractivity contribution in [3.63, 3.8) is 0 Å². The predicted octanol–water partition coefficient (Wildman–Crippen LogP) is 7.93. The molecule has 0 atom stereocenters. The van der Waals surface area contributed by atoms with Gasteiger partial charge in [0.05, 0.1) is 9.79 Å². The highest BCUT2D eigenvalue weighted by atomic mass is 32.2. The van der Waals surface area contributed by atoms with E-state index in [0.717, 1.165) is 22.3 Å². The zero-order valence-corrected chi connectivity index (χ0v) is 19.3. The van der Waals surface area contributed by atoms with E-state index in [2.05, 4.69) is 50.6 Å². The number of hydrogen-bond acceptors (Lipinski definition) is 2. The van der Waals surface area contributed by atoms with E-state index >= 15 is 0 Å². The van der Waals surface area contributed by atoms with E-state index in [1.807, 2.05) is 24.3 Å². The highest BCUT2D eigenvalue weighted by molar-refractivity contribution is 7.91. The van der Waals surface area contributed by atoms with Gasteiger partial charge in [0.25, 0.3) is 0 Å². The Morgan fingerprint density at radius 2 is 1.06 bits per heavy atom. The van der Waals surface area contributed by atoms with Gasteiger partial charge in [-0.2, -0.15) is 0 Å². The lowest BCUT2D eigenvalue weighted by atomic mass is 9.99. The van der Waals surface area contributed by atoms with E-state index in [-0.39, 0.29) is 9.79 Å². The first-order valence-electron chi connectivity index (χ1n) is 10.4. The monoisotopic (exact) mass is 450 g/mol.